The fourth-order valence-corrected chi connectivity index (χ4v) is 2.40. The average Bonchev–Trinajstić information content (AvgIpc) is 2.46. The maximum absolute atomic E-state index is 8.83. The lowest BCUT2D eigenvalue weighted by molar-refractivity contribution is -0.0807. The van der Waals surface area contributed by atoms with Crippen LogP contribution in [0.15, 0.2) is 18.2 Å². The maximum atomic E-state index is 8.83. The van der Waals surface area contributed by atoms with E-state index < -0.39 is 0 Å². The molecule has 1 aromatic rings. The molecule has 1 saturated heterocycles. The van der Waals surface area contributed by atoms with Gasteiger partial charge in [0.05, 0.1) is 16.2 Å². The predicted octanol–water partition coefficient (Wildman–Crippen LogP) is 2.82. The van der Waals surface area contributed by atoms with Gasteiger partial charge in [0.1, 0.15) is 6.07 Å². The molecule has 4 nitrogen and oxygen atoms in total. The fourth-order valence-electron chi connectivity index (χ4n) is 2.18. The van der Waals surface area contributed by atoms with Gasteiger partial charge in [-0.15, -0.1) is 0 Å². The molecule has 1 aromatic carbocycles. The zero-order valence-corrected chi connectivity index (χ0v) is 11.7. The summed E-state index contributed by atoms with van der Waals surface area (Å²) in [4.78, 5) is 0. The van der Waals surface area contributed by atoms with Crippen LogP contribution in [-0.4, -0.2) is 32.5 Å². The Balaban J connectivity index is 2.01. The molecule has 5 heteroatoms. The van der Waals surface area contributed by atoms with Crippen molar-refractivity contribution in [2.45, 2.75) is 18.4 Å². The van der Waals surface area contributed by atoms with Gasteiger partial charge in [0.25, 0.3) is 0 Å². The van der Waals surface area contributed by atoms with E-state index in [1.54, 1.807) is 19.2 Å². The fraction of sp³-hybridized carbons (Fsp3) is 0.500. The van der Waals surface area contributed by atoms with Gasteiger partial charge in [0.2, 0.25) is 0 Å². The van der Waals surface area contributed by atoms with E-state index in [2.05, 4.69) is 5.32 Å². The SMILES string of the molecule is COC1(CNc2ccc(C#N)c(Cl)c2)CCOCC1. The average molecular weight is 281 g/mol. The lowest BCUT2D eigenvalue weighted by Gasteiger charge is -2.36. The van der Waals surface area contributed by atoms with Crippen LogP contribution < -0.4 is 5.32 Å². The lowest BCUT2D eigenvalue weighted by atomic mass is 9.94. The Morgan fingerprint density at radius 2 is 2.21 bits per heavy atom. The first-order valence-electron chi connectivity index (χ1n) is 6.25. The number of benzene rings is 1. The Bertz CT molecular complexity index is 479. The predicted molar refractivity (Wildman–Crippen MR) is 74.4 cm³/mol. The van der Waals surface area contributed by atoms with Crippen molar-refractivity contribution in [3.05, 3.63) is 28.8 Å². The Labute approximate surface area is 118 Å². The van der Waals surface area contributed by atoms with Crippen LogP contribution in [0.1, 0.15) is 18.4 Å². The van der Waals surface area contributed by atoms with E-state index in [1.165, 1.54) is 0 Å². The van der Waals surface area contributed by atoms with Crippen molar-refractivity contribution in [1.29, 1.82) is 5.26 Å². The molecule has 0 unspecified atom stereocenters. The molecule has 102 valence electrons. The number of ether oxygens (including phenoxy) is 2. The quantitative estimate of drug-likeness (QED) is 0.921. The van der Waals surface area contributed by atoms with E-state index in [-0.39, 0.29) is 5.60 Å². The second-order valence-electron chi connectivity index (χ2n) is 4.66. The summed E-state index contributed by atoms with van der Waals surface area (Å²) in [6.45, 7) is 2.16. The molecule has 0 saturated carbocycles. The van der Waals surface area contributed by atoms with Crippen LogP contribution in [0.2, 0.25) is 5.02 Å². The third-order valence-corrected chi connectivity index (χ3v) is 3.85. The van der Waals surface area contributed by atoms with Gasteiger partial charge in [0, 0.05) is 45.4 Å². The molecule has 0 spiro atoms. The number of nitriles is 1. The summed E-state index contributed by atoms with van der Waals surface area (Å²) in [5, 5.41) is 12.6. The third-order valence-electron chi connectivity index (χ3n) is 3.54. The highest BCUT2D eigenvalue weighted by atomic mass is 35.5. The number of nitrogens with zero attached hydrogens (tertiary/aromatic N) is 1. The largest absolute Gasteiger partial charge is 0.382 e. The second-order valence-corrected chi connectivity index (χ2v) is 5.07. The van der Waals surface area contributed by atoms with Gasteiger partial charge >= 0.3 is 0 Å². The van der Waals surface area contributed by atoms with Gasteiger partial charge in [-0.1, -0.05) is 11.6 Å². The number of hydrogen-bond acceptors (Lipinski definition) is 4. The van der Waals surface area contributed by atoms with E-state index >= 15 is 0 Å². The molecule has 0 aromatic heterocycles. The van der Waals surface area contributed by atoms with Crippen LogP contribution in [0.25, 0.3) is 0 Å². The Hall–Kier alpha value is -1.28. The van der Waals surface area contributed by atoms with Crippen molar-refractivity contribution < 1.29 is 9.47 Å². The topological polar surface area (TPSA) is 54.3 Å². The molecule has 0 atom stereocenters. The van der Waals surface area contributed by atoms with Crippen LogP contribution in [0.4, 0.5) is 5.69 Å². The van der Waals surface area contributed by atoms with Crippen molar-refractivity contribution in [3.8, 4) is 6.07 Å². The van der Waals surface area contributed by atoms with Crippen LogP contribution in [0.3, 0.4) is 0 Å². The molecule has 1 aliphatic heterocycles. The summed E-state index contributed by atoms with van der Waals surface area (Å²) in [5.41, 5.74) is 1.20. The van der Waals surface area contributed by atoms with Gasteiger partial charge in [-0.25, -0.2) is 0 Å². The van der Waals surface area contributed by atoms with Crippen LogP contribution >= 0.6 is 11.6 Å². The number of hydrogen-bond donors (Lipinski definition) is 1. The third kappa shape index (κ3) is 3.38. The minimum atomic E-state index is -0.182. The summed E-state index contributed by atoms with van der Waals surface area (Å²) >= 11 is 6.01. The van der Waals surface area contributed by atoms with Crippen molar-refractivity contribution in [2.75, 3.05) is 32.2 Å². The van der Waals surface area contributed by atoms with Crippen molar-refractivity contribution in [3.63, 3.8) is 0 Å². The highest BCUT2D eigenvalue weighted by Crippen LogP contribution is 2.26. The summed E-state index contributed by atoms with van der Waals surface area (Å²) in [6, 6.07) is 7.38. The zero-order chi connectivity index (χ0) is 13.7. The summed E-state index contributed by atoms with van der Waals surface area (Å²) in [5.74, 6) is 0. The Morgan fingerprint density at radius 3 is 2.79 bits per heavy atom. The van der Waals surface area contributed by atoms with Crippen LogP contribution in [0.5, 0.6) is 0 Å². The summed E-state index contributed by atoms with van der Waals surface area (Å²) < 4.78 is 11.0. The highest BCUT2D eigenvalue weighted by molar-refractivity contribution is 6.32. The van der Waals surface area contributed by atoms with Crippen molar-refractivity contribution in [2.24, 2.45) is 0 Å². The number of anilines is 1. The summed E-state index contributed by atoms with van der Waals surface area (Å²) in [6.07, 6.45) is 1.75. The molecule has 19 heavy (non-hydrogen) atoms. The van der Waals surface area contributed by atoms with Gasteiger partial charge < -0.3 is 14.8 Å². The minimum Gasteiger partial charge on any atom is -0.382 e. The van der Waals surface area contributed by atoms with Gasteiger partial charge in [-0.05, 0) is 18.2 Å². The van der Waals surface area contributed by atoms with E-state index in [0.717, 1.165) is 31.7 Å². The first kappa shape index (κ1) is 14.1. The smallest absolute Gasteiger partial charge is 0.101 e. The van der Waals surface area contributed by atoms with E-state index in [1.807, 2.05) is 12.1 Å². The molecule has 1 aliphatic rings. The zero-order valence-electron chi connectivity index (χ0n) is 10.9. The number of methoxy groups -OCH3 is 1. The monoisotopic (exact) mass is 280 g/mol. The highest BCUT2D eigenvalue weighted by Gasteiger charge is 2.32. The van der Waals surface area contributed by atoms with E-state index in [4.69, 9.17) is 26.3 Å². The molecule has 0 bridgehead atoms. The molecular weight excluding hydrogens is 264 g/mol. The minimum absolute atomic E-state index is 0.182. The second kappa shape index (κ2) is 6.25. The summed E-state index contributed by atoms with van der Waals surface area (Å²) in [7, 11) is 1.73. The number of nitrogens with one attached hydrogen (secondary N) is 1. The van der Waals surface area contributed by atoms with Gasteiger partial charge in [-0.2, -0.15) is 5.26 Å². The number of rotatable bonds is 4. The number of halogens is 1. The van der Waals surface area contributed by atoms with Crippen LogP contribution in [-0.2, 0) is 9.47 Å². The normalized spacial score (nSPS) is 17.7. The van der Waals surface area contributed by atoms with Gasteiger partial charge in [0.15, 0.2) is 0 Å². The Morgan fingerprint density at radius 1 is 1.47 bits per heavy atom. The molecular formula is C14H17ClN2O2. The molecule has 1 N–H and O–H groups in total. The molecule has 0 radical (unpaired) electrons. The molecule has 1 heterocycles. The van der Waals surface area contributed by atoms with Crippen molar-refractivity contribution >= 4 is 17.3 Å². The molecule has 2 rings (SSSR count). The van der Waals surface area contributed by atoms with E-state index in [0.29, 0.717) is 17.1 Å². The lowest BCUT2D eigenvalue weighted by Crippen LogP contribution is -2.44. The van der Waals surface area contributed by atoms with E-state index in [9.17, 15) is 0 Å². The molecule has 0 amide bonds. The first-order valence-corrected chi connectivity index (χ1v) is 6.63. The molecule has 0 aliphatic carbocycles. The first-order chi connectivity index (χ1) is 9.19. The van der Waals surface area contributed by atoms with Crippen molar-refractivity contribution in [1.82, 2.24) is 0 Å². The maximum Gasteiger partial charge on any atom is 0.101 e. The van der Waals surface area contributed by atoms with Crippen LogP contribution in [0, 0.1) is 11.3 Å². The standard InChI is InChI=1S/C14H17ClN2O2/c1-18-14(4-6-19-7-5-14)10-17-12-3-2-11(9-16)13(15)8-12/h2-3,8,17H,4-7,10H2,1H3. The Kier molecular flexibility index (Phi) is 4.65. The van der Waals surface area contributed by atoms with Gasteiger partial charge in [-0.3, -0.25) is 0 Å². The molecule has 1 fully saturated rings.